The van der Waals surface area contributed by atoms with E-state index in [4.69, 9.17) is 13.1 Å². The predicted molar refractivity (Wildman–Crippen MR) is 157 cm³/mol. The second kappa shape index (κ2) is 11.3. The Kier molecular flexibility index (Phi) is 8.36. The monoisotopic (exact) mass is 582 g/mol. The fraction of sp³-hybridized carbons (Fsp3) is 0.250. The van der Waals surface area contributed by atoms with Gasteiger partial charge < -0.3 is 9.47 Å². The van der Waals surface area contributed by atoms with E-state index >= 15 is 0 Å². The van der Waals surface area contributed by atoms with Gasteiger partial charge in [0.15, 0.2) is 0 Å². The molecule has 212 valence electrons. The molecule has 0 bridgehead atoms. The van der Waals surface area contributed by atoms with Gasteiger partial charge in [-0.25, -0.2) is 8.02 Å². The third kappa shape index (κ3) is 7.05. The molecule has 0 heterocycles. The smallest absolute Gasteiger partial charge is 0.307 e. The van der Waals surface area contributed by atoms with Crippen LogP contribution in [-0.2, 0) is 13.7 Å². The van der Waals surface area contributed by atoms with Gasteiger partial charge in [0.05, 0.1) is 4.90 Å². The second-order valence-corrected chi connectivity index (χ2v) is 15.7. The predicted octanol–water partition coefficient (Wildman–Crippen LogP) is 8.78. The highest BCUT2D eigenvalue weighted by molar-refractivity contribution is 8.33. The van der Waals surface area contributed by atoms with E-state index in [1.54, 1.807) is 6.07 Å². The molecule has 4 aromatic carbocycles. The largest absolute Gasteiger partial charge is 0.488 e. The minimum atomic E-state index is -4.39. The zero-order valence-electron chi connectivity index (χ0n) is 23.6. The molecule has 0 N–H and O–H groups in total. The van der Waals surface area contributed by atoms with Crippen LogP contribution in [0.25, 0.3) is 0 Å². The molecule has 0 amide bonds. The first-order chi connectivity index (χ1) is 18.7. The standard InChI is InChI=1S/C32H35FO5S2/c1-31(2,3)36-25-21-26(37-32(4,5)6)23-30(22-25)39(27-13-9-7-10-14-27,28-15-11-8-12-16-28)38-40(34,35)29-19-17-24(33)18-20-29/h7-23H,1-6H3. The second-order valence-electron chi connectivity index (χ2n) is 11.2. The van der Waals surface area contributed by atoms with Gasteiger partial charge in [0.2, 0.25) is 0 Å². The minimum Gasteiger partial charge on any atom is -0.488 e. The van der Waals surface area contributed by atoms with E-state index in [-0.39, 0.29) is 4.90 Å². The van der Waals surface area contributed by atoms with Gasteiger partial charge in [0.1, 0.15) is 28.5 Å². The highest BCUT2D eigenvalue weighted by Gasteiger charge is 2.39. The molecule has 0 atom stereocenters. The molecule has 0 fully saturated rings. The summed E-state index contributed by atoms with van der Waals surface area (Å²) in [5.41, 5.74) is -1.06. The Balaban J connectivity index is 2.07. The van der Waals surface area contributed by atoms with E-state index in [0.717, 1.165) is 12.1 Å². The molecule has 0 saturated carbocycles. The van der Waals surface area contributed by atoms with Crippen LogP contribution in [-0.4, -0.2) is 19.6 Å². The summed E-state index contributed by atoms with van der Waals surface area (Å²) in [6.07, 6.45) is 0. The fourth-order valence-corrected chi connectivity index (χ4v) is 9.32. The molecule has 5 nitrogen and oxygen atoms in total. The van der Waals surface area contributed by atoms with Gasteiger partial charge in [0, 0.05) is 20.8 Å². The summed E-state index contributed by atoms with van der Waals surface area (Å²) in [4.78, 5) is 1.73. The topological polar surface area (TPSA) is 61.8 Å². The van der Waals surface area contributed by atoms with Gasteiger partial charge in [-0.1, -0.05) is 36.4 Å². The summed E-state index contributed by atoms with van der Waals surface area (Å²) in [5.74, 6) is 0.478. The van der Waals surface area contributed by atoms with Crippen LogP contribution in [0.5, 0.6) is 11.5 Å². The van der Waals surface area contributed by atoms with Crippen LogP contribution in [0.1, 0.15) is 41.5 Å². The first kappa shape index (κ1) is 29.6. The fourth-order valence-electron chi connectivity index (χ4n) is 4.06. The Hall–Kier alpha value is -3.33. The lowest BCUT2D eigenvalue weighted by Crippen LogP contribution is -2.25. The number of hydrogen-bond acceptors (Lipinski definition) is 5. The summed E-state index contributed by atoms with van der Waals surface area (Å²) in [5, 5.41) is 0. The molecule has 0 unspecified atom stereocenters. The van der Waals surface area contributed by atoms with E-state index in [0.29, 0.717) is 26.2 Å². The SMILES string of the molecule is CC(C)(C)Oc1cc(OC(C)(C)C)cc(S(OS(=O)(=O)c2ccc(F)cc2)(c2ccccc2)c2ccccc2)c1. The van der Waals surface area contributed by atoms with Crippen LogP contribution in [0.15, 0.2) is 123 Å². The molecule has 0 saturated heterocycles. The maximum Gasteiger partial charge on any atom is 0.307 e. The Morgan fingerprint density at radius 1 is 0.550 bits per heavy atom. The number of benzene rings is 4. The molecule has 4 rings (SSSR count). The maximum absolute atomic E-state index is 13.9. The highest BCUT2D eigenvalue weighted by atomic mass is 32.3. The highest BCUT2D eigenvalue weighted by Crippen LogP contribution is 2.71. The number of ether oxygens (including phenoxy) is 2. The van der Waals surface area contributed by atoms with Crippen LogP contribution >= 0.6 is 10.3 Å². The van der Waals surface area contributed by atoms with E-state index in [1.165, 1.54) is 12.1 Å². The lowest BCUT2D eigenvalue weighted by atomic mass is 10.2. The van der Waals surface area contributed by atoms with E-state index in [2.05, 4.69) is 0 Å². The molecule has 40 heavy (non-hydrogen) atoms. The van der Waals surface area contributed by atoms with Gasteiger partial charge in [0.25, 0.3) is 0 Å². The van der Waals surface area contributed by atoms with Crippen molar-refractivity contribution in [1.82, 2.24) is 0 Å². The molecule has 8 heteroatoms. The summed E-state index contributed by atoms with van der Waals surface area (Å²) in [7, 11) is -7.33. The van der Waals surface area contributed by atoms with Gasteiger partial charge >= 0.3 is 10.1 Å². The van der Waals surface area contributed by atoms with Crippen molar-refractivity contribution in [2.75, 3.05) is 0 Å². The Bertz CT molecular complexity index is 1470. The minimum absolute atomic E-state index is 0.147. The molecular formula is C32H35FO5S2. The van der Waals surface area contributed by atoms with Gasteiger partial charge in [-0.05, 0) is 113 Å². The van der Waals surface area contributed by atoms with Crippen LogP contribution < -0.4 is 9.47 Å². The average molecular weight is 583 g/mol. The van der Waals surface area contributed by atoms with Crippen LogP contribution in [0.2, 0.25) is 0 Å². The van der Waals surface area contributed by atoms with Crippen LogP contribution in [0.4, 0.5) is 4.39 Å². The van der Waals surface area contributed by atoms with Gasteiger partial charge in [-0.15, -0.1) is 0 Å². The summed E-state index contributed by atoms with van der Waals surface area (Å²) < 4.78 is 60.5. The van der Waals surface area contributed by atoms with Crippen molar-refractivity contribution in [3.63, 3.8) is 0 Å². The number of rotatable bonds is 8. The third-order valence-electron chi connectivity index (χ3n) is 5.48. The summed E-state index contributed by atoms with van der Waals surface area (Å²) in [6.45, 7) is 11.6. The lowest BCUT2D eigenvalue weighted by Gasteiger charge is -2.40. The van der Waals surface area contributed by atoms with Crippen molar-refractivity contribution in [2.24, 2.45) is 0 Å². The van der Waals surface area contributed by atoms with Gasteiger partial charge in [-0.2, -0.15) is 8.42 Å². The van der Waals surface area contributed by atoms with Crippen LogP contribution in [0, 0.1) is 5.82 Å². The Morgan fingerprint density at radius 2 is 0.975 bits per heavy atom. The first-order valence-electron chi connectivity index (χ1n) is 12.9. The summed E-state index contributed by atoms with van der Waals surface area (Å²) in [6, 6.07) is 28.6. The number of hydrogen-bond donors (Lipinski definition) is 0. The van der Waals surface area contributed by atoms with E-state index in [1.807, 2.05) is 114 Å². The van der Waals surface area contributed by atoms with Crippen molar-refractivity contribution < 1.29 is 25.9 Å². The zero-order valence-corrected chi connectivity index (χ0v) is 25.2. The number of halogens is 1. The van der Waals surface area contributed by atoms with Crippen molar-refractivity contribution in [1.29, 1.82) is 0 Å². The van der Waals surface area contributed by atoms with Crippen LogP contribution in [0.3, 0.4) is 0 Å². The normalized spacial score (nSPS) is 13.1. The van der Waals surface area contributed by atoms with Crippen molar-refractivity contribution in [3.05, 3.63) is 109 Å². The average Bonchev–Trinajstić information content (AvgIpc) is 2.86. The quantitative estimate of drug-likeness (QED) is 0.208. The Labute approximate surface area is 238 Å². The molecular weight excluding hydrogens is 547 g/mol. The molecule has 0 radical (unpaired) electrons. The molecule has 0 spiro atoms. The lowest BCUT2D eigenvalue weighted by molar-refractivity contribution is 0.120. The van der Waals surface area contributed by atoms with Gasteiger partial charge in [-0.3, -0.25) is 0 Å². The van der Waals surface area contributed by atoms with Crippen molar-refractivity contribution in [3.8, 4) is 11.5 Å². The van der Waals surface area contributed by atoms with Crippen molar-refractivity contribution >= 4 is 20.4 Å². The molecule has 0 aliphatic heterocycles. The molecule has 0 aliphatic rings. The summed E-state index contributed by atoms with van der Waals surface area (Å²) >= 11 is 0. The Morgan fingerprint density at radius 3 is 1.38 bits per heavy atom. The van der Waals surface area contributed by atoms with E-state index in [9.17, 15) is 12.8 Å². The zero-order chi connectivity index (χ0) is 29.2. The molecule has 4 aromatic rings. The molecule has 0 aromatic heterocycles. The first-order valence-corrected chi connectivity index (χ1v) is 15.8. The third-order valence-corrected chi connectivity index (χ3v) is 10.6. The molecule has 0 aliphatic carbocycles. The van der Waals surface area contributed by atoms with E-state index < -0.39 is 37.4 Å². The van der Waals surface area contributed by atoms with Crippen molar-refractivity contribution in [2.45, 2.75) is 72.3 Å². The maximum atomic E-state index is 13.9.